The highest BCUT2D eigenvalue weighted by Gasteiger charge is 2.00. The van der Waals surface area contributed by atoms with E-state index in [9.17, 15) is 0 Å². The van der Waals surface area contributed by atoms with Crippen molar-refractivity contribution in [3.05, 3.63) is 29.8 Å². The van der Waals surface area contributed by atoms with Crippen LogP contribution in [0.1, 0.15) is 0 Å². The summed E-state index contributed by atoms with van der Waals surface area (Å²) in [6.45, 7) is 0. The highest BCUT2D eigenvalue weighted by molar-refractivity contribution is 7.12. The maximum atomic E-state index is 5.29. The molecule has 0 bridgehead atoms. The Bertz CT molecular complexity index is 385. The zero-order valence-electron chi connectivity index (χ0n) is 6.77. The number of nitrogen functional groups attached to an aromatic ring is 1. The van der Waals surface area contributed by atoms with E-state index in [-0.39, 0.29) is 0 Å². The molecule has 66 valence electrons. The number of nitrogens with two attached hydrogens (primary N) is 1. The van der Waals surface area contributed by atoms with Gasteiger partial charge in [0.2, 0.25) is 0 Å². The number of hydrogen-bond acceptors (Lipinski definition) is 5. The quantitative estimate of drug-likeness (QED) is 0.559. The van der Waals surface area contributed by atoms with Crippen LogP contribution in [0, 0.1) is 0 Å². The minimum absolute atomic E-state index is 0.868. The van der Waals surface area contributed by atoms with Crippen LogP contribution in [0.5, 0.6) is 0 Å². The van der Waals surface area contributed by atoms with Crippen LogP contribution in [-0.2, 0) is 0 Å². The summed E-state index contributed by atoms with van der Waals surface area (Å²) < 4.78 is 0. The molecule has 3 N–H and O–H groups in total. The van der Waals surface area contributed by atoms with E-state index in [1.165, 1.54) is 11.3 Å². The lowest BCUT2D eigenvalue weighted by molar-refractivity contribution is 1.10. The maximum Gasteiger partial charge on any atom is 0.147 e. The highest BCUT2D eigenvalue weighted by Crippen LogP contribution is 2.22. The summed E-state index contributed by atoms with van der Waals surface area (Å²) in [7, 11) is 0. The van der Waals surface area contributed by atoms with Crippen LogP contribution in [0.15, 0.2) is 29.8 Å². The summed E-state index contributed by atoms with van der Waals surface area (Å²) in [5.41, 5.74) is 6.19. The monoisotopic (exact) mass is 192 g/mol. The van der Waals surface area contributed by atoms with E-state index in [1.54, 1.807) is 5.51 Å². The van der Waals surface area contributed by atoms with Crippen molar-refractivity contribution in [3.8, 4) is 10.6 Å². The molecule has 0 amide bonds. The molecule has 1 aromatic carbocycles. The van der Waals surface area contributed by atoms with Crippen LogP contribution in [0.2, 0.25) is 0 Å². The third kappa shape index (κ3) is 1.66. The molecule has 4 nitrogen and oxygen atoms in total. The lowest BCUT2D eigenvalue weighted by Crippen LogP contribution is -2.06. The fraction of sp³-hybridized carbons (Fsp3) is 0. The molecule has 0 aliphatic rings. The van der Waals surface area contributed by atoms with Gasteiger partial charge in [0.25, 0.3) is 0 Å². The third-order valence-electron chi connectivity index (χ3n) is 1.64. The van der Waals surface area contributed by atoms with Gasteiger partial charge >= 0.3 is 0 Å². The Labute approximate surface area is 79.4 Å². The molecule has 2 rings (SSSR count). The molecular formula is C8H8N4S. The summed E-state index contributed by atoms with van der Waals surface area (Å²) in [6.07, 6.45) is 0. The van der Waals surface area contributed by atoms with E-state index >= 15 is 0 Å². The maximum absolute atomic E-state index is 5.29. The van der Waals surface area contributed by atoms with Crippen molar-refractivity contribution in [2.45, 2.75) is 0 Å². The Hall–Kier alpha value is -1.46. The molecule has 2 aromatic rings. The first-order valence-corrected chi connectivity index (χ1v) is 4.61. The van der Waals surface area contributed by atoms with Crippen LogP contribution >= 0.6 is 11.3 Å². The topological polar surface area (TPSA) is 63.8 Å². The van der Waals surface area contributed by atoms with Crippen molar-refractivity contribution in [3.63, 3.8) is 0 Å². The molecule has 13 heavy (non-hydrogen) atoms. The molecule has 0 saturated heterocycles. The fourth-order valence-corrected chi connectivity index (χ4v) is 1.59. The lowest BCUT2D eigenvalue weighted by Gasteiger charge is -2.00. The number of nitrogens with one attached hydrogen (secondary N) is 1. The van der Waals surface area contributed by atoms with Gasteiger partial charge in [-0.05, 0) is 12.1 Å². The van der Waals surface area contributed by atoms with Crippen molar-refractivity contribution >= 4 is 17.0 Å². The van der Waals surface area contributed by atoms with E-state index in [2.05, 4.69) is 15.6 Å². The molecule has 0 radical (unpaired) electrons. The molecule has 0 aliphatic carbocycles. The minimum Gasteiger partial charge on any atom is -0.324 e. The van der Waals surface area contributed by atoms with Gasteiger partial charge < -0.3 is 5.43 Å². The Morgan fingerprint density at radius 1 is 1.38 bits per heavy atom. The second kappa shape index (κ2) is 3.51. The first kappa shape index (κ1) is 8.15. The zero-order valence-corrected chi connectivity index (χ0v) is 7.58. The summed E-state index contributed by atoms with van der Waals surface area (Å²) in [5.74, 6) is 5.29. The number of rotatable bonds is 2. The summed E-state index contributed by atoms with van der Waals surface area (Å²) in [4.78, 5) is 0. The van der Waals surface area contributed by atoms with Gasteiger partial charge in [0.1, 0.15) is 10.5 Å². The largest absolute Gasteiger partial charge is 0.324 e. The van der Waals surface area contributed by atoms with E-state index in [0.717, 1.165) is 16.3 Å². The van der Waals surface area contributed by atoms with Crippen molar-refractivity contribution < 1.29 is 0 Å². The summed E-state index contributed by atoms with van der Waals surface area (Å²) in [6, 6.07) is 7.72. The lowest BCUT2D eigenvalue weighted by atomic mass is 10.2. The molecule has 0 atom stereocenters. The van der Waals surface area contributed by atoms with Gasteiger partial charge in [0.05, 0.1) is 0 Å². The molecular weight excluding hydrogens is 184 g/mol. The standard InChI is InChI=1S/C8H8N4S/c9-11-7-3-1-2-6(4-7)8-12-10-5-13-8/h1-5,11H,9H2. The molecule has 0 aliphatic heterocycles. The van der Waals surface area contributed by atoms with Crippen molar-refractivity contribution in [2.75, 3.05) is 5.43 Å². The first-order valence-electron chi connectivity index (χ1n) is 3.73. The predicted octanol–water partition coefficient (Wildman–Crippen LogP) is 1.49. The zero-order chi connectivity index (χ0) is 9.10. The molecule has 0 fully saturated rings. The molecule has 1 aromatic heterocycles. The van der Waals surface area contributed by atoms with Gasteiger partial charge in [-0.3, -0.25) is 5.84 Å². The van der Waals surface area contributed by atoms with Gasteiger partial charge in [0.15, 0.2) is 0 Å². The summed E-state index contributed by atoms with van der Waals surface area (Å²) >= 11 is 1.50. The number of hydrogen-bond donors (Lipinski definition) is 2. The average molecular weight is 192 g/mol. The number of anilines is 1. The van der Waals surface area contributed by atoms with E-state index in [1.807, 2.05) is 24.3 Å². The third-order valence-corrected chi connectivity index (χ3v) is 2.38. The van der Waals surface area contributed by atoms with Crippen molar-refractivity contribution in [1.29, 1.82) is 0 Å². The normalized spacial score (nSPS) is 9.92. The van der Waals surface area contributed by atoms with Crippen molar-refractivity contribution in [1.82, 2.24) is 10.2 Å². The van der Waals surface area contributed by atoms with Gasteiger partial charge in [-0.2, -0.15) is 0 Å². The Balaban J connectivity index is 2.41. The van der Waals surface area contributed by atoms with Gasteiger partial charge in [-0.1, -0.05) is 23.5 Å². The predicted molar refractivity (Wildman–Crippen MR) is 53.2 cm³/mol. The second-order valence-corrected chi connectivity index (χ2v) is 3.30. The average Bonchev–Trinajstić information content (AvgIpc) is 2.71. The molecule has 5 heteroatoms. The van der Waals surface area contributed by atoms with E-state index in [4.69, 9.17) is 5.84 Å². The number of hydrazine groups is 1. The van der Waals surface area contributed by atoms with Crippen LogP contribution < -0.4 is 11.3 Å². The Morgan fingerprint density at radius 3 is 3.00 bits per heavy atom. The first-order chi connectivity index (χ1) is 6.40. The van der Waals surface area contributed by atoms with Gasteiger partial charge in [-0.15, -0.1) is 10.2 Å². The van der Waals surface area contributed by atoms with E-state index < -0.39 is 0 Å². The number of nitrogens with zero attached hydrogens (tertiary/aromatic N) is 2. The van der Waals surface area contributed by atoms with Crippen LogP contribution in [0.25, 0.3) is 10.6 Å². The summed E-state index contributed by atoms with van der Waals surface area (Å²) in [5, 5.41) is 8.63. The van der Waals surface area contributed by atoms with Crippen LogP contribution in [-0.4, -0.2) is 10.2 Å². The fourth-order valence-electron chi connectivity index (χ4n) is 1.04. The van der Waals surface area contributed by atoms with Crippen molar-refractivity contribution in [2.24, 2.45) is 5.84 Å². The highest BCUT2D eigenvalue weighted by atomic mass is 32.1. The Kier molecular flexibility index (Phi) is 2.20. The van der Waals surface area contributed by atoms with Gasteiger partial charge in [-0.25, -0.2) is 0 Å². The Morgan fingerprint density at radius 2 is 2.31 bits per heavy atom. The molecule has 0 spiro atoms. The van der Waals surface area contributed by atoms with Crippen LogP contribution in [0.4, 0.5) is 5.69 Å². The smallest absolute Gasteiger partial charge is 0.147 e. The molecule has 1 heterocycles. The minimum atomic E-state index is 0.868. The second-order valence-electron chi connectivity index (χ2n) is 2.47. The SMILES string of the molecule is NNc1cccc(-c2nncs2)c1. The van der Waals surface area contributed by atoms with Crippen LogP contribution in [0.3, 0.4) is 0 Å². The molecule has 0 unspecified atom stereocenters. The van der Waals surface area contributed by atoms with E-state index in [0.29, 0.717) is 0 Å². The number of aromatic nitrogens is 2. The van der Waals surface area contributed by atoms with Gasteiger partial charge in [0, 0.05) is 11.3 Å². The number of benzene rings is 1. The molecule has 0 saturated carbocycles.